The summed E-state index contributed by atoms with van der Waals surface area (Å²) in [5.74, 6) is -1.27. The third-order valence-corrected chi connectivity index (χ3v) is 5.31. The lowest BCUT2D eigenvalue weighted by atomic mass is 9.89. The summed E-state index contributed by atoms with van der Waals surface area (Å²) in [6.45, 7) is 0. The van der Waals surface area contributed by atoms with Crippen LogP contribution >= 0.6 is 0 Å². The number of ketones is 1. The van der Waals surface area contributed by atoms with Crippen molar-refractivity contribution in [2.45, 2.75) is 12.3 Å². The molecule has 0 unspecified atom stereocenters. The van der Waals surface area contributed by atoms with Gasteiger partial charge in [0.15, 0.2) is 5.78 Å². The van der Waals surface area contributed by atoms with Crippen molar-refractivity contribution in [3.05, 3.63) is 88.3 Å². The molecule has 1 heterocycles. The molecule has 0 N–H and O–H groups in total. The number of methoxy groups -OCH3 is 2. The van der Waals surface area contributed by atoms with Gasteiger partial charge in [-0.25, -0.2) is 4.79 Å². The Bertz CT molecular complexity index is 1350. The van der Waals surface area contributed by atoms with Crippen molar-refractivity contribution in [3.63, 3.8) is 0 Å². The normalized spacial score (nSPS) is 11.9. The van der Waals surface area contributed by atoms with Crippen molar-refractivity contribution in [1.29, 1.82) is 0 Å². The van der Waals surface area contributed by atoms with E-state index in [2.05, 4.69) is 0 Å². The maximum atomic E-state index is 13.1. The summed E-state index contributed by atoms with van der Waals surface area (Å²) < 4.78 is 15.4. The van der Waals surface area contributed by atoms with Crippen LogP contribution in [0, 0.1) is 0 Å². The molecule has 1 atom stereocenters. The number of hydrogen-bond acceptors (Lipinski definition) is 6. The second-order valence-electron chi connectivity index (χ2n) is 7.15. The van der Waals surface area contributed by atoms with E-state index < -0.39 is 17.5 Å². The number of benzene rings is 3. The van der Waals surface area contributed by atoms with E-state index in [4.69, 9.17) is 13.9 Å². The average molecular weight is 416 g/mol. The lowest BCUT2D eigenvalue weighted by Crippen LogP contribution is -2.20. The standard InChI is InChI=1S/C25H20O6/c1-29-18-9-10-19-20(14-24(27)31-23(19)12-18)21(25(28)30-2)13-22(26)17-8-7-15-5-3-4-6-16(15)11-17/h3-12,14,21H,13H2,1-2H3/t21-/m0/s1. The van der Waals surface area contributed by atoms with Gasteiger partial charge in [-0.15, -0.1) is 0 Å². The van der Waals surface area contributed by atoms with Crippen molar-refractivity contribution in [3.8, 4) is 5.75 Å². The fourth-order valence-corrected chi connectivity index (χ4v) is 3.71. The van der Waals surface area contributed by atoms with Crippen molar-refractivity contribution >= 4 is 33.5 Å². The number of carbonyl (C=O) groups excluding carboxylic acids is 2. The molecule has 0 radical (unpaired) electrons. The highest BCUT2D eigenvalue weighted by molar-refractivity contribution is 6.03. The van der Waals surface area contributed by atoms with Gasteiger partial charge in [0.1, 0.15) is 11.3 Å². The van der Waals surface area contributed by atoms with E-state index in [1.807, 2.05) is 30.3 Å². The molecule has 3 aromatic carbocycles. The minimum absolute atomic E-state index is 0.143. The van der Waals surface area contributed by atoms with Gasteiger partial charge in [-0.1, -0.05) is 36.4 Å². The molecule has 6 nitrogen and oxygen atoms in total. The number of fused-ring (bicyclic) bond motifs is 2. The molecular weight excluding hydrogens is 396 g/mol. The zero-order valence-electron chi connectivity index (χ0n) is 17.1. The quantitative estimate of drug-likeness (QED) is 0.262. The Hall–Kier alpha value is -3.93. The molecule has 0 aliphatic carbocycles. The molecule has 0 spiro atoms. The van der Waals surface area contributed by atoms with Crippen LogP contribution in [-0.2, 0) is 9.53 Å². The van der Waals surface area contributed by atoms with Gasteiger partial charge in [-0.05, 0) is 34.5 Å². The van der Waals surface area contributed by atoms with Crippen LogP contribution in [0.25, 0.3) is 21.7 Å². The molecule has 1 aromatic heterocycles. The number of ether oxygens (including phenoxy) is 2. The van der Waals surface area contributed by atoms with Gasteiger partial charge in [-0.3, -0.25) is 9.59 Å². The molecule has 0 aliphatic rings. The van der Waals surface area contributed by atoms with Gasteiger partial charge in [0.25, 0.3) is 0 Å². The van der Waals surface area contributed by atoms with Gasteiger partial charge in [0.05, 0.1) is 20.1 Å². The first kappa shape index (κ1) is 20.3. The maximum absolute atomic E-state index is 13.1. The van der Waals surface area contributed by atoms with Crippen LogP contribution in [0.15, 0.2) is 75.9 Å². The largest absolute Gasteiger partial charge is 0.497 e. The van der Waals surface area contributed by atoms with Crippen molar-refractivity contribution in [2.75, 3.05) is 14.2 Å². The highest BCUT2D eigenvalue weighted by Crippen LogP contribution is 2.31. The van der Waals surface area contributed by atoms with Gasteiger partial charge < -0.3 is 13.9 Å². The Labute approximate surface area is 178 Å². The first-order valence-corrected chi connectivity index (χ1v) is 9.72. The second-order valence-corrected chi connectivity index (χ2v) is 7.15. The minimum Gasteiger partial charge on any atom is -0.497 e. The molecule has 4 rings (SSSR count). The molecule has 0 fully saturated rings. The smallest absolute Gasteiger partial charge is 0.336 e. The first-order chi connectivity index (χ1) is 15.0. The number of esters is 1. The first-order valence-electron chi connectivity index (χ1n) is 9.72. The van der Waals surface area contributed by atoms with Crippen molar-refractivity contribution < 1.29 is 23.5 Å². The lowest BCUT2D eigenvalue weighted by Gasteiger charge is -2.16. The van der Waals surface area contributed by atoms with E-state index in [-0.39, 0.29) is 17.8 Å². The molecular formula is C25H20O6. The van der Waals surface area contributed by atoms with Gasteiger partial charge in [0.2, 0.25) is 0 Å². The van der Waals surface area contributed by atoms with Crippen molar-refractivity contribution in [2.24, 2.45) is 0 Å². The number of rotatable bonds is 6. The van der Waals surface area contributed by atoms with E-state index in [1.54, 1.807) is 30.3 Å². The van der Waals surface area contributed by atoms with Crippen LogP contribution in [-0.4, -0.2) is 26.0 Å². The molecule has 6 heteroatoms. The van der Waals surface area contributed by atoms with Gasteiger partial charge >= 0.3 is 11.6 Å². The molecule has 4 aromatic rings. The zero-order chi connectivity index (χ0) is 22.0. The summed E-state index contributed by atoms with van der Waals surface area (Å²) >= 11 is 0. The number of hydrogen-bond donors (Lipinski definition) is 0. The van der Waals surface area contributed by atoms with E-state index in [0.29, 0.717) is 22.3 Å². The maximum Gasteiger partial charge on any atom is 0.336 e. The lowest BCUT2D eigenvalue weighted by molar-refractivity contribution is -0.142. The van der Waals surface area contributed by atoms with Gasteiger partial charge in [0, 0.05) is 29.5 Å². The summed E-state index contributed by atoms with van der Waals surface area (Å²) in [5.41, 5.74) is 0.521. The predicted molar refractivity (Wildman–Crippen MR) is 117 cm³/mol. The Morgan fingerprint density at radius 3 is 2.45 bits per heavy atom. The second kappa shape index (κ2) is 8.44. The van der Waals surface area contributed by atoms with E-state index in [1.165, 1.54) is 20.3 Å². The third kappa shape index (κ3) is 4.05. The predicted octanol–water partition coefficient (Wildman–Crippen LogP) is 4.48. The molecule has 156 valence electrons. The summed E-state index contributed by atoms with van der Waals surface area (Å²) in [5, 5.41) is 2.49. The minimum atomic E-state index is -0.955. The molecule has 0 aliphatic heterocycles. The Morgan fingerprint density at radius 1 is 0.935 bits per heavy atom. The summed E-state index contributed by atoms with van der Waals surface area (Å²) in [7, 11) is 2.76. The summed E-state index contributed by atoms with van der Waals surface area (Å²) in [4.78, 5) is 37.9. The fraction of sp³-hybridized carbons (Fsp3) is 0.160. The highest BCUT2D eigenvalue weighted by atomic mass is 16.5. The van der Waals surface area contributed by atoms with Crippen LogP contribution in [0.1, 0.15) is 28.3 Å². The number of carbonyl (C=O) groups is 2. The van der Waals surface area contributed by atoms with Crippen LogP contribution < -0.4 is 10.4 Å². The third-order valence-electron chi connectivity index (χ3n) is 5.31. The summed E-state index contributed by atoms with van der Waals surface area (Å²) in [6, 6.07) is 19.3. The Kier molecular flexibility index (Phi) is 5.54. The van der Waals surface area contributed by atoms with Crippen LogP contribution in [0.4, 0.5) is 0 Å². The van der Waals surface area contributed by atoms with Crippen LogP contribution in [0.5, 0.6) is 5.75 Å². The number of Topliss-reactive ketones (excluding diaryl/α,β-unsaturated/α-hetero) is 1. The zero-order valence-corrected chi connectivity index (χ0v) is 17.1. The molecule has 0 saturated carbocycles. The van der Waals surface area contributed by atoms with Crippen molar-refractivity contribution in [1.82, 2.24) is 0 Å². The fourth-order valence-electron chi connectivity index (χ4n) is 3.71. The molecule has 31 heavy (non-hydrogen) atoms. The van der Waals surface area contributed by atoms with Gasteiger partial charge in [-0.2, -0.15) is 0 Å². The average Bonchev–Trinajstić information content (AvgIpc) is 2.80. The molecule has 0 bridgehead atoms. The van der Waals surface area contributed by atoms with Crippen LogP contribution in [0.2, 0.25) is 0 Å². The molecule has 0 saturated heterocycles. The SMILES string of the molecule is COC(=O)[C@@H](CC(=O)c1ccc2ccccc2c1)c1cc(=O)oc2cc(OC)ccc12. The topological polar surface area (TPSA) is 82.8 Å². The summed E-state index contributed by atoms with van der Waals surface area (Å²) in [6.07, 6.45) is -0.143. The Morgan fingerprint density at radius 2 is 1.71 bits per heavy atom. The Balaban J connectivity index is 1.76. The monoisotopic (exact) mass is 416 g/mol. The molecule has 0 amide bonds. The van der Waals surface area contributed by atoms with Crippen LogP contribution in [0.3, 0.4) is 0 Å². The highest BCUT2D eigenvalue weighted by Gasteiger charge is 2.28. The van der Waals surface area contributed by atoms with E-state index >= 15 is 0 Å². The van der Waals surface area contributed by atoms with E-state index in [0.717, 1.165) is 10.8 Å². The van der Waals surface area contributed by atoms with E-state index in [9.17, 15) is 14.4 Å².